The van der Waals surface area contributed by atoms with Crippen LogP contribution in [0.5, 0.6) is 0 Å². The molecule has 0 aliphatic heterocycles. The zero-order valence-electron chi connectivity index (χ0n) is 9.65. The third-order valence-electron chi connectivity index (χ3n) is 2.05. The van der Waals surface area contributed by atoms with Gasteiger partial charge in [0.05, 0.1) is 5.69 Å². The molecule has 1 aromatic heterocycles. The first-order chi connectivity index (χ1) is 7.06. The van der Waals surface area contributed by atoms with E-state index in [1.165, 1.54) is 9.80 Å². The minimum atomic E-state index is -0.130. The van der Waals surface area contributed by atoms with Gasteiger partial charge in [-0.05, 0) is 6.42 Å². The number of anilines is 1. The highest BCUT2D eigenvalue weighted by molar-refractivity contribution is 5.89. The van der Waals surface area contributed by atoms with E-state index in [-0.39, 0.29) is 6.03 Å². The van der Waals surface area contributed by atoms with E-state index in [1.807, 2.05) is 0 Å². The van der Waals surface area contributed by atoms with Crippen LogP contribution in [0.3, 0.4) is 0 Å². The molecule has 0 radical (unpaired) electrons. The Kier molecular flexibility index (Phi) is 3.71. The number of nitrogens with zero attached hydrogens (tertiary/aromatic N) is 3. The molecule has 0 atom stereocenters. The van der Waals surface area contributed by atoms with Crippen LogP contribution in [0, 0.1) is 0 Å². The molecule has 0 spiro atoms. The van der Waals surface area contributed by atoms with E-state index < -0.39 is 0 Å². The van der Waals surface area contributed by atoms with Gasteiger partial charge >= 0.3 is 6.03 Å². The van der Waals surface area contributed by atoms with Crippen LogP contribution in [0.25, 0.3) is 0 Å². The molecular weight excluding hydrogens is 194 g/mol. The summed E-state index contributed by atoms with van der Waals surface area (Å²) >= 11 is 0. The first kappa shape index (κ1) is 11.6. The van der Waals surface area contributed by atoms with Crippen LogP contribution in [0.2, 0.25) is 0 Å². The van der Waals surface area contributed by atoms with Crippen molar-refractivity contribution in [1.29, 1.82) is 0 Å². The molecule has 0 N–H and O–H groups in total. The number of amides is 2. The average Bonchev–Trinajstić information content (AvgIpc) is 2.64. The summed E-state index contributed by atoms with van der Waals surface area (Å²) in [5, 5.41) is 3.88. The van der Waals surface area contributed by atoms with E-state index in [0.29, 0.717) is 5.88 Å². The number of urea groups is 1. The highest BCUT2D eigenvalue weighted by atomic mass is 16.5. The molecule has 5 nitrogen and oxygen atoms in total. The number of aryl methyl sites for hydroxylation is 1. The minimum absolute atomic E-state index is 0.130. The Hall–Kier alpha value is -1.52. The quantitative estimate of drug-likeness (QED) is 0.765. The number of carbonyl (C=O) groups is 1. The van der Waals surface area contributed by atoms with Crippen molar-refractivity contribution >= 4 is 11.9 Å². The monoisotopic (exact) mass is 211 g/mol. The highest BCUT2D eigenvalue weighted by Gasteiger charge is 2.16. The Labute approximate surface area is 89.6 Å². The van der Waals surface area contributed by atoms with Gasteiger partial charge in [-0.2, -0.15) is 0 Å². The fourth-order valence-electron chi connectivity index (χ4n) is 1.23. The van der Waals surface area contributed by atoms with Gasteiger partial charge in [-0.1, -0.05) is 18.5 Å². The van der Waals surface area contributed by atoms with Crippen LogP contribution in [-0.4, -0.2) is 37.2 Å². The molecular formula is C10H17N3O2. The Morgan fingerprint density at radius 3 is 2.67 bits per heavy atom. The summed E-state index contributed by atoms with van der Waals surface area (Å²) in [5.41, 5.74) is 0.880. The lowest BCUT2D eigenvalue weighted by Gasteiger charge is -2.18. The number of hydrogen-bond donors (Lipinski definition) is 0. The van der Waals surface area contributed by atoms with Gasteiger partial charge in [0.2, 0.25) is 5.88 Å². The summed E-state index contributed by atoms with van der Waals surface area (Å²) in [6.07, 6.45) is 1.88. The smallest absolute Gasteiger partial charge is 0.326 e. The summed E-state index contributed by atoms with van der Waals surface area (Å²) in [4.78, 5) is 14.5. The molecule has 0 aromatic carbocycles. The molecule has 0 saturated carbocycles. The topological polar surface area (TPSA) is 49.6 Å². The molecule has 1 rings (SSSR count). The van der Waals surface area contributed by atoms with E-state index in [0.717, 1.165) is 18.5 Å². The van der Waals surface area contributed by atoms with Gasteiger partial charge in [0.15, 0.2) is 0 Å². The number of rotatable bonds is 3. The molecule has 0 bridgehead atoms. The van der Waals surface area contributed by atoms with E-state index in [9.17, 15) is 4.79 Å². The van der Waals surface area contributed by atoms with Gasteiger partial charge in [0.1, 0.15) is 0 Å². The average molecular weight is 211 g/mol. The maximum absolute atomic E-state index is 11.6. The summed E-state index contributed by atoms with van der Waals surface area (Å²) in [7, 11) is 5.06. The molecule has 0 unspecified atom stereocenters. The number of hydrogen-bond acceptors (Lipinski definition) is 3. The van der Waals surface area contributed by atoms with Crippen molar-refractivity contribution in [2.45, 2.75) is 19.8 Å². The maximum Gasteiger partial charge on any atom is 0.326 e. The Morgan fingerprint density at radius 1 is 1.47 bits per heavy atom. The lowest BCUT2D eigenvalue weighted by Crippen LogP contribution is -2.36. The number of aromatic nitrogens is 1. The van der Waals surface area contributed by atoms with E-state index in [4.69, 9.17) is 4.52 Å². The molecule has 1 heterocycles. The zero-order valence-corrected chi connectivity index (χ0v) is 9.65. The molecule has 0 saturated heterocycles. The summed E-state index contributed by atoms with van der Waals surface area (Å²) in [6.45, 7) is 2.07. The van der Waals surface area contributed by atoms with Crippen LogP contribution in [0.15, 0.2) is 10.6 Å². The number of carbonyl (C=O) groups excluding carboxylic acids is 1. The second-order valence-electron chi connectivity index (χ2n) is 3.64. The van der Waals surface area contributed by atoms with E-state index >= 15 is 0 Å². The maximum atomic E-state index is 11.6. The molecule has 15 heavy (non-hydrogen) atoms. The SMILES string of the molecule is CCCc1cc(N(C)C(=O)N(C)C)on1. The van der Waals surface area contributed by atoms with Crippen molar-refractivity contribution in [2.75, 3.05) is 26.0 Å². The fourth-order valence-corrected chi connectivity index (χ4v) is 1.23. The van der Waals surface area contributed by atoms with Crippen molar-refractivity contribution < 1.29 is 9.32 Å². The van der Waals surface area contributed by atoms with Crippen LogP contribution >= 0.6 is 0 Å². The van der Waals surface area contributed by atoms with Gasteiger partial charge in [0.25, 0.3) is 0 Å². The summed E-state index contributed by atoms with van der Waals surface area (Å²) in [6, 6.07) is 1.67. The summed E-state index contributed by atoms with van der Waals surface area (Å²) in [5.74, 6) is 0.483. The van der Waals surface area contributed by atoms with Crippen molar-refractivity contribution in [3.63, 3.8) is 0 Å². The minimum Gasteiger partial charge on any atom is -0.338 e. The second-order valence-corrected chi connectivity index (χ2v) is 3.64. The Balaban J connectivity index is 2.73. The first-order valence-electron chi connectivity index (χ1n) is 4.96. The van der Waals surface area contributed by atoms with Crippen LogP contribution in [0.1, 0.15) is 19.0 Å². The molecule has 5 heteroatoms. The highest BCUT2D eigenvalue weighted by Crippen LogP contribution is 2.16. The third kappa shape index (κ3) is 2.71. The van der Waals surface area contributed by atoms with Gasteiger partial charge < -0.3 is 9.42 Å². The third-order valence-corrected chi connectivity index (χ3v) is 2.05. The zero-order chi connectivity index (χ0) is 11.4. The van der Waals surface area contributed by atoms with Crippen LogP contribution in [-0.2, 0) is 6.42 Å². The predicted octanol–water partition coefficient (Wildman–Crippen LogP) is 1.74. The predicted molar refractivity (Wildman–Crippen MR) is 58.0 cm³/mol. The molecule has 0 aliphatic carbocycles. The standard InChI is InChI=1S/C10H17N3O2/c1-5-6-8-7-9(15-11-8)13(4)10(14)12(2)3/h7H,5-6H2,1-4H3. The van der Waals surface area contributed by atoms with E-state index in [2.05, 4.69) is 12.1 Å². The van der Waals surface area contributed by atoms with Crippen molar-refractivity contribution in [3.05, 3.63) is 11.8 Å². The molecule has 2 amide bonds. The van der Waals surface area contributed by atoms with Gasteiger partial charge in [-0.15, -0.1) is 0 Å². The largest absolute Gasteiger partial charge is 0.338 e. The molecule has 0 fully saturated rings. The Bertz CT molecular complexity index is 333. The van der Waals surface area contributed by atoms with Gasteiger partial charge in [0, 0.05) is 27.2 Å². The van der Waals surface area contributed by atoms with Crippen molar-refractivity contribution in [1.82, 2.24) is 10.1 Å². The van der Waals surface area contributed by atoms with Gasteiger partial charge in [-0.3, -0.25) is 4.90 Å². The van der Waals surface area contributed by atoms with Crippen molar-refractivity contribution in [3.8, 4) is 0 Å². The lowest BCUT2D eigenvalue weighted by molar-refractivity contribution is 0.223. The normalized spacial score (nSPS) is 10.1. The first-order valence-corrected chi connectivity index (χ1v) is 4.96. The second kappa shape index (κ2) is 4.82. The van der Waals surface area contributed by atoms with Crippen LogP contribution < -0.4 is 4.90 Å². The molecule has 0 aliphatic rings. The lowest BCUT2D eigenvalue weighted by atomic mass is 10.2. The van der Waals surface area contributed by atoms with Crippen molar-refractivity contribution in [2.24, 2.45) is 0 Å². The molecule has 84 valence electrons. The molecule has 1 aromatic rings. The van der Waals surface area contributed by atoms with E-state index in [1.54, 1.807) is 27.2 Å². The fraction of sp³-hybridized carbons (Fsp3) is 0.600. The van der Waals surface area contributed by atoms with Gasteiger partial charge in [-0.25, -0.2) is 4.79 Å². The summed E-state index contributed by atoms with van der Waals surface area (Å²) < 4.78 is 5.08. The van der Waals surface area contributed by atoms with Crippen LogP contribution in [0.4, 0.5) is 10.7 Å². The Morgan fingerprint density at radius 2 is 2.13 bits per heavy atom.